The average Bonchev–Trinajstić information content (AvgIpc) is 2.53. The summed E-state index contributed by atoms with van der Waals surface area (Å²) < 4.78 is 1.37. The van der Waals surface area contributed by atoms with E-state index in [4.69, 9.17) is 6.42 Å². The smallest absolute Gasteiger partial charge is 0.162 e. The van der Waals surface area contributed by atoms with Crippen LogP contribution in [0.1, 0.15) is 27.0 Å². The van der Waals surface area contributed by atoms with Gasteiger partial charge in [0.25, 0.3) is 0 Å². The van der Waals surface area contributed by atoms with Crippen LogP contribution in [0.5, 0.6) is 0 Å². The van der Waals surface area contributed by atoms with E-state index in [9.17, 15) is 5.11 Å². The normalized spacial score (nSPS) is 15.9. The van der Waals surface area contributed by atoms with E-state index < -0.39 is 6.23 Å². The molecule has 1 heterocycles. The van der Waals surface area contributed by atoms with Crippen LogP contribution in [0.15, 0.2) is 12.7 Å². The third-order valence-corrected chi connectivity index (χ3v) is 2.12. The van der Waals surface area contributed by atoms with Crippen molar-refractivity contribution in [3.8, 4) is 12.3 Å². The fraction of sp³-hybridized carbons (Fsp3) is 0.600. The van der Waals surface area contributed by atoms with Gasteiger partial charge in [-0.1, -0.05) is 26.7 Å². The monoisotopic (exact) mass is 193 g/mol. The SMILES string of the molecule is C#CC(C(O)n1cncn1)C(C)(C)C. The molecule has 0 aliphatic carbocycles. The molecule has 4 heteroatoms. The highest BCUT2D eigenvalue weighted by molar-refractivity contribution is 5.00. The van der Waals surface area contributed by atoms with Crippen molar-refractivity contribution in [1.82, 2.24) is 14.8 Å². The summed E-state index contributed by atoms with van der Waals surface area (Å²) in [4.78, 5) is 3.77. The number of terminal acetylenes is 1. The first kappa shape index (κ1) is 10.7. The van der Waals surface area contributed by atoms with Crippen LogP contribution in [0.4, 0.5) is 0 Å². The third-order valence-electron chi connectivity index (χ3n) is 2.12. The lowest BCUT2D eigenvalue weighted by Crippen LogP contribution is -2.29. The zero-order valence-corrected chi connectivity index (χ0v) is 8.68. The lowest BCUT2D eigenvalue weighted by atomic mass is 9.80. The van der Waals surface area contributed by atoms with E-state index in [2.05, 4.69) is 16.0 Å². The van der Waals surface area contributed by atoms with Crippen molar-refractivity contribution < 1.29 is 5.11 Å². The van der Waals surface area contributed by atoms with Gasteiger partial charge in [-0.2, -0.15) is 5.10 Å². The number of hydrogen-bond donors (Lipinski definition) is 1. The fourth-order valence-corrected chi connectivity index (χ4v) is 1.29. The summed E-state index contributed by atoms with van der Waals surface area (Å²) in [6.45, 7) is 5.95. The van der Waals surface area contributed by atoms with Crippen LogP contribution in [0.2, 0.25) is 0 Å². The first-order valence-electron chi connectivity index (χ1n) is 4.45. The number of aliphatic hydroxyl groups is 1. The minimum atomic E-state index is -0.817. The lowest BCUT2D eigenvalue weighted by Gasteiger charge is -2.29. The van der Waals surface area contributed by atoms with Gasteiger partial charge in [0, 0.05) is 0 Å². The summed E-state index contributed by atoms with van der Waals surface area (Å²) in [6.07, 6.45) is 7.41. The minimum absolute atomic E-state index is 0.167. The average molecular weight is 193 g/mol. The summed E-state index contributed by atoms with van der Waals surface area (Å²) in [7, 11) is 0. The molecule has 0 saturated heterocycles. The molecule has 1 rings (SSSR count). The van der Waals surface area contributed by atoms with Crippen LogP contribution in [-0.4, -0.2) is 19.9 Å². The predicted molar refractivity (Wildman–Crippen MR) is 53.1 cm³/mol. The number of aliphatic hydroxyl groups excluding tert-OH is 1. The molecule has 14 heavy (non-hydrogen) atoms. The molecule has 0 saturated carbocycles. The van der Waals surface area contributed by atoms with Crippen molar-refractivity contribution in [3.63, 3.8) is 0 Å². The van der Waals surface area contributed by atoms with Crippen molar-refractivity contribution >= 4 is 0 Å². The standard InChI is InChI=1S/C10H15N3O/c1-5-8(10(2,3)4)9(14)13-7-11-6-12-13/h1,6-9,14H,2-4H3. The topological polar surface area (TPSA) is 50.9 Å². The molecule has 2 atom stereocenters. The van der Waals surface area contributed by atoms with E-state index in [1.54, 1.807) is 0 Å². The Morgan fingerprint density at radius 1 is 1.50 bits per heavy atom. The highest BCUT2D eigenvalue weighted by atomic mass is 16.3. The molecule has 0 spiro atoms. The van der Waals surface area contributed by atoms with E-state index in [0.717, 1.165) is 0 Å². The van der Waals surface area contributed by atoms with Gasteiger partial charge in [0.05, 0.1) is 5.92 Å². The molecule has 1 N–H and O–H groups in total. The Labute approximate surface area is 84.0 Å². The molecular formula is C10H15N3O. The first-order valence-corrected chi connectivity index (χ1v) is 4.45. The Balaban J connectivity index is 2.88. The van der Waals surface area contributed by atoms with Crippen LogP contribution < -0.4 is 0 Å². The van der Waals surface area contributed by atoms with Crippen LogP contribution in [0, 0.1) is 23.7 Å². The maximum atomic E-state index is 9.92. The highest BCUT2D eigenvalue weighted by Crippen LogP contribution is 2.32. The van der Waals surface area contributed by atoms with Gasteiger partial charge in [0.1, 0.15) is 12.7 Å². The van der Waals surface area contributed by atoms with Crippen molar-refractivity contribution in [2.45, 2.75) is 27.0 Å². The van der Waals surface area contributed by atoms with Crippen molar-refractivity contribution in [1.29, 1.82) is 0 Å². The van der Waals surface area contributed by atoms with E-state index in [1.807, 2.05) is 20.8 Å². The Morgan fingerprint density at radius 2 is 2.14 bits per heavy atom. The van der Waals surface area contributed by atoms with Crippen LogP contribution in [-0.2, 0) is 0 Å². The molecule has 2 unspecified atom stereocenters. The lowest BCUT2D eigenvalue weighted by molar-refractivity contribution is 0.00894. The second kappa shape index (κ2) is 3.81. The van der Waals surface area contributed by atoms with E-state index in [-0.39, 0.29) is 11.3 Å². The van der Waals surface area contributed by atoms with Gasteiger partial charge in [0.15, 0.2) is 6.23 Å². The van der Waals surface area contributed by atoms with Gasteiger partial charge in [-0.15, -0.1) is 6.42 Å². The number of hydrogen-bond acceptors (Lipinski definition) is 3. The second-order valence-corrected chi connectivity index (χ2v) is 4.30. The van der Waals surface area contributed by atoms with Gasteiger partial charge < -0.3 is 5.11 Å². The summed E-state index contributed by atoms with van der Waals surface area (Å²) >= 11 is 0. The van der Waals surface area contributed by atoms with Crippen LogP contribution in [0.25, 0.3) is 0 Å². The Bertz CT molecular complexity index is 318. The van der Waals surface area contributed by atoms with E-state index in [0.29, 0.717) is 0 Å². The van der Waals surface area contributed by atoms with Gasteiger partial charge in [-0.05, 0) is 5.41 Å². The minimum Gasteiger partial charge on any atom is -0.370 e. The third kappa shape index (κ3) is 2.12. The molecule has 1 aromatic rings. The summed E-state index contributed by atoms with van der Waals surface area (Å²) in [5.41, 5.74) is -0.167. The second-order valence-electron chi connectivity index (χ2n) is 4.30. The first-order chi connectivity index (χ1) is 6.46. The van der Waals surface area contributed by atoms with Gasteiger partial charge in [0.2, 0.25) is 0 Å². The summed E-state index contributed by atoms with van der Waals surface area (Å²) in [5, 5.41) is 13.8. The Kier molecular flexibility index (Phi) is 2.92. The Morgan fingerprint density at radius 3 is 2.50 bits per heavy atom. The van der Waals surface area contributed by atoms with Crippen molar-refractivity contribution in [2.24, 2.45) is 11.3 Å². The molecule has 76 valence electrons. The molecule has 0 bridgehead atoms. The number of aromatic nitrogens is 3. The molecule has 0 amide bonds. The molecular weight excluding hydrogens is 178 g/mol. The van der Waals surface area contributed by atoms with Crippen molar-refractivity contribution in [3.05, 3.63) is 12.7 Å². The van der Waals surface area contributed by atoms with Gasteiger partial charge in [-0.3, -0.25) is 0 Å². The molecule has 0 radical (unpaired) electrons. The molecule has 0 aliphatic rings. The molecule has 0 aromatic carbocycles. The summed E-state index contributed by atoms with van der Waals surface area (Å²) in [6, 6.07) is 0. The van der Waals surface area contributed by atoms with Crippen molar-refractivity contribution in [2.75, 3.05) is 0 Å². The van der Waals surface area contributed by atoms with Gasteiger partial charge in [-0.25, -0.2) is 9.67 Å². The van der Waals surface area contributed by atoms with E-state index >= 15 is 0 Å². The fourth-order valence-electron chi connectivity index (χ4n) is 1.29. The zero-order chi connectivity index (χ0) is 10.8. The van der Waals surface area contributed by atoms with E-state index in [1.165, 1.54) is 17.3 Å². The molecule has 1 aromatic heterocycles. The number of rotatable bonds is 2. The van der Waals surface area contributed by atoms with Crippen LogP contribution in [0.3, 0.4) is 0 Å². The molecule has 4 nitrogen and oxygen atoms in total. The number of nitrogens with zero attached hydrogens (tertiary/aromatic N) is 3. The predicted octanol–water partition coefficient (Wildman–Crippen LogP) is 1.06. The summed E-state index contributed by atoms with van der Waals surface area (Å²) in [5.74, 6) is 2.30. The largest absolute Gasteiger partial charge is 0.370 e. The Hall–Kier alpha value is -1.34. The highest BCUT2D eigenvalue weighted by Gasteiger charge is 2.30. The quantitative estimate of drug-likeness (QED) is 0.715. The molecule has 0 aliphatic heterocycles. The van der Waals surface area contributed by atoms with Crippen LogP contribution >= 0.6 is 0 Å². The maximum absolute atomic E-state index is 9.92. The molecule has 0 fully saturated rings. The zero-order valence-electron chi connectivity index (χ0n) is 8.68. The van der Waals surface area contributed by atoms with Gasteiger partial charge >= 0.3 is 0 Å². The maximum Gasteiger partial charge on any atom is 0.162 e.